The van der Waals surface area contributed by atoms with E-state index in [0.29, 0.717) is 0 Å². The molecule has 0 spiro atoms. The zero-order chi connectivity index (χ0) is 11.8. The molecule has 1 aromatic rings. The third-order valence-corrected chi connectivity index (χ3v) is 3.57. The Morgan fingerprint density at radius 2 is 2.06 bits per heavy atom. The van der Waals surface area contributed by atoms with Crippen molar-refractivity contribution >= 4 is 0 Å². The molecule has 0 heterocycles. The molecule has 0 aliphatic heterocycles. The summed E-state index contributed by atoms with van der Waals surface area (Å²) in [7, 11) is 0. The number of rotatable bonds is 4. The maximum Gasteiger partial charge on any atom is 0.126 e. The van der Waals surface area contributed by atoms with E-state index in [2.05, 4.69) is 19.2 Å². The van der Waals surface area contributed by atoms with E-state index in [1.54, 1.807) is 6.07 Å². The van der Waals surface area contributed by atoms with Crippen molar-refractivity contribution in [3.63, 3.8) is 0 Å². The van der Waals surface area contributed by atoms with Gasteiger partial charge in [0.2, 0.25) is 0 Å². The van der Waals surface area contributed by atoms with E-state index in [0.717, 1.165) is 23.6 Å². The normalized spacial score (nSPS) is 16.5. The van der Waals surface area contributed by atoms with Crippen LogP contribution in [0.1, 0.15) is 37.8 Å². The Bertz CT molecular complexity index is 380. The minimum Gasteiger partial charge on any atom is -0.307 e. The first-order valence-electron chi connectivity index (χ1n) is 5.99. The fourth-order valence-electron chi connectivity index (χ4n) is 2.10. The van der Waals surface area contributed by atoms with Gasteiger partial charge in [-0.05, 0) is 56.7 Å². The molecule has 0 saturated heterocycles. The summed E-state index contributed by atoms with van der Waals surface area (Å²) in [6, 6.07) is 5.33. The Morgan fingerprint density at radius 1 is 1.38 bits per heavy atom. The van der Waals surface area contributed by atoms with Crippen LogP contribution in [0, 0.1) is 18.7 Å². The van der Waals surface area contributed by atoms with Gasteiger partial charge in [-0.15, -0.1) is 0 Å². The van der Waals surface area contributed by atoms with E-state index < -0.39 is 0 Å². The fraction of sp³-hybridized carbons (Fsp3) is 0.571. The molecule has 1 saturated carbocycles. The molecule has 2 rings (SSSR count). The summed E-state index contributed by atoms with van der Waals surface area (Å²) in [5, 5.41) is 3.56. The van der Waals surface area contributed by atoms with E-state index in [-0.39, 0.29) is 11.4 Å². The van der Waals surface area contributed by atoms with Crippen molar-refractivity contribution in [1.29, 1.82) is 0 Å². The van der Waals surface area contributed by atoms with Crippen LogP contribution < -0.4 is 5.32 Å². The monoisotopic (exact) mass is 221 g/mol. The van der Waals surface area contributed by atoms with Crippen LogP contribution in [0.2, 0.25) is 0 Å². The van der Waals surface area contributed by atoms with Gasteiger partial charge in [0.25, 0.3) is 0 Å². The third-order valence-electron chi connectivity index (χ3n) is 3.57. The van der Waals surface area contributed by atoms with Crippen molar-refractivity contribution in [2.24, 2.45) is 5.92 Å². The van der Waals surface area contributed by atoms with E-state index >= 15 is 0 Å². The molecule has 1 aromatic carbocycles. The molecule has 0 radical (unpaired) electrons. The molecule has 0 aromatic heterocycles. The second kappa shape index (κ2) is 4.17. The van der Waals surface area contributed by atoms with Gasteiger partial charge >= 0.3 is 0 Å². The van der Waals surface area contributed by atoms with Crippen molar-refractivity contribution in [3.05, 3.63) is 35.1 Å². The number of halogens is 1. The molecule has 0 bridgehead atoms. The van der Waals surface area contributed by atoms with E-state index in [1.807, 2.05) is 19.1 Å². The zero-order valence-electron chi connectivity index (χ0n) is 10.3. The highest BCUT2D eigenvalue weighted by atomic mass is 19.1. The van der Waals surface area contributed by atoms with Gasteiger partial charge in [-0.2, -0.15) is 0 Å². The van der Waals surface area contributed by atoms with Crippen molar-refractivity contribution in [1.82, 2.24) is 5.32 Å². The van der Waals surface area contributed by atoms with Gasteiger partial charge < -0.3 is 5.32 Å². The molecular weight excluding hydrogens is 201 g/mol. The number of aryl methyl sites for hydroxylation is 1. The molecule has 16 heavy (non-hydrogen) atoms. The summed E-state index contributed by atoms with van der Waals surface area (Å²) in [5.41, 5.74) is 2.10. The molecular formula is C14H20FN. The smallest absolute Gasteiger partial charge is 0.126 e. The highest BCUT2D eigenvalue weighted by Gasteiger charge is 2.36. The zero-order valence-corrected chi connectivity index (χ0v) is 10.3. The summed E-state index contributed by atoms with van der Waals surface area (Å²) >= 11 is 0. The summed E-state index contributed by atoms with van der Waals surface area (Å²) in [4.78, 5) is 0. The minimum atomic E-state index is -0.120. The van der Waals surface area contributed by atoms with E-state index in [1.165, 1.54) is 12.8 Å². The van der Waals surface area contributed by atoms with E-state index in [9.17, 15) is 4.39 Å². The predicted molar refractivity (Wildman–Crippen MR) is 64.8 cm³/mol. The number of nitrogens with one attached hydrogen (secondary N) is 1. The Balaban J connectivity index is 1.96. The molecule has 1 aliphatic rings. The Morgan fingerprint density at radius 3 is 2.62 bits per heavy atom. The van der Waals surface area contributed by atoms with Crippen molar-refractivity contribution in [2.45, 2.75) is 45.7 Å². The topological polar surface area (TPSA) is 12.0 Å². The van der Waals surface area contributed by atoms with Crippen LogP contribution in [0.15, 0.2) is 18.2 Å². The van der Waals surface area contributed by atoms with Gasteiger partial charge in [0, 0.05) is 12.1 Å². The molecule has 1 fully saturated rings. The molecule has 0 unspecified atom stereocenters. The average Bonchev–Trinajstić information content (AvgIpc) is 3.03. The second-order valence-electron chi connectivity index (χ2n) is 5.43. The standard InChI is InChI=1S/C14H20FN/c1-10-8-11(4-7-13(10)15)9-16-14(2,3)12-5-6-12/h4,7-8,12,16H,5-6,9H2,1-3H3. The summed E-state index contributed by atoms with van der Waals surface area (Å²) in [6.45, 7) is 7.14. The largest absolute Gasteiger partial charge is 0.307 e. The lowest BCUT2D eigenvalue weighted by Gasteiger charge is -2.26. The van der Waals surface area contributed by atoms with Crippen molar-refractivity contribution in [2.75, 3.05) is 0 Å². The Kier molecular flexibility index (Phi) is 3.02. The van der Waals surface area contributed by atoms with Crippen LogP contribution in [0.5, 0.6) is 0 Å². The van der Waals surface area contributed by atoms with Crippen LogP contribution in [0.25, 0.3) is 0 Å². The first-order valence-corrected chi connectivity index (χ1v) is 5.99. The molecule has 0 atom stereocenters. The third kappa shape index (κ3) is 2.62. The number of hydrogen-bond acceptors (Lipinski definition) is 1. The van der Waals surface area contributed by atoms with E-state index in [4.69, 9.17) is 0 Å². The number of hydrogen-bond donors (Lipinski definition) is 1. The van der Waals surface area contributed by atoms with Crippen molar-refractivity contribution in [3.8, 4) is 0 Å². The second-order valence-corrected chi connectivity index (χ2v) is 5.43. The minimum absolute atomic E-state index is 0.120. The molecule has 2 heteroatoms. The SMILES string of the molecule is Cc1cc(CNC(C)(C)C2CC2)ccc1F. The Labute approximate surface area is 97.1 Å². The van der Waals surface area contributed by atoms with Crippen LogP contribution in [-0.4, -0.2) is 5.54 Å². The Hall–Kier alpha value is -0.890. The van der Waals surface area contributed by atoms with Crippen LogP contribution >= 0.6 is 0 Å². The highest BCUT2D eigenvalue weighted by Crippen LogP contribution is 2.39. The molecule has 88 valence electrons. The fourth-order valence-corrected chi connectivity index (χ4v) is 2.10. The number of benzene rings is 1. The van der Waals surface area contributed by atoms with Gasteiger partial charge in [0.15, 0.2) is 0 Å². The lowest BCUT2D eigenvalue weighted by molar-refractivity contribution is 0.339. The highest BCUT2D eigenvalue weighted by molar-refractivity contribution is 5.24. The van der Waals surface area contributed by atoms with Gasteiger partial charge in [0.05, 0.1) is 0 Å². The lowest BCUT2D eigenvalue weighted by atomic mass is 9.98. The maximum atomic E-state index is 13.1. The van der Waals surface area contributed by atoms with Crippen molar-refractivity contribution < 1.29 is 4.39 Å². The maximum absolute atomic E-state index is 13.1. The first kappa shape index (κ1) is 11.6. The van der Waals surface area contributed by atoms with Crippen LogP contribution in [0.3, 0.4) is 0 Å². The molecule has 1 aliphatic carbocycles. The van der Waals surface area contributed by atoms with Crippen LogP contribution in [-0.2, 0) is 6.54 Å². The molecule has 1 nitrogen and oxygen atoms in total. The molecule has 0 amide bonds. The lowest BCUT2D eigenvalue weighted by Crippen LogP contribution is -2.40. The summed E-state index contributed by atoms with van der Waals surface area (Å²) in [6.07, 6.45) is 2.67. The summed E-state index contributed by atoms with van der Waals surface area (Å²) < 4.78 is 13.1. The first-order chi connectivity index (χ1) is 7.49. The summed E-state index contributed by atoms with van der Waals surface area (Å²) in [5.74, 6) is 0.694. The predicted octanol–water partition coefficient (Wildman–Crippen LogP) is 3.41. The van der Waals surface area contributed by atoms with Gasteiger partial charge in [-0.3, -0.25) is 0 Å². The van der Waals surface area contributed by atoms with Crippen LogP contribution in [0.4, 0.5) is 4.39 Å². The average molecular weight is 221 g/mol. The van der Waals surface area contributed by atoms with Gasteiger partial charge in [-0.1, -0.05) is 12.1 Å². The van der Waals surface area contributed by atoms with Gasteiger partial charge in [0.1, 0.15) is 5.82 Å². The van der Waals surface area contributed by atoms with Gasteiger partial charge in [-0.25, -0.2) is 4.39 Å². The quantitative estimate of drug-likeness (QED) is 0.821. The molecule has 1 N–H and O–H groups in total.